The Labute approximate surface area is 116 Å². The van der Waals surface area contributed by atoms with Crippen molar-refractivity contribution in [1.29, 1.82) is 0 Å². The molecule has 1 saturated carbocycles. The minimum atomic E-state index is -3.79. The highest BCUT2D eigenvalue weighted by atomic mass is 79.9. The standard InChI is InChI=1S/C10H19BrN2O4S/c1-2-17-10(14)12-18(15,16)13(8-4-7-11)9-5-3-6-9/h9H,2-8H2,1H3,(H,12,14). The van der Waals surface area contributed by atoms with Gasteiger partial charge in [-0.25, -0.2) is 9.52 Å². The third-order valence-corrected chi connectivity index (χ3v) is 4.87. The summed E-state index contributed by atoms with van der Waals surface area (Å²) in [5, 5.41) is 0.727. The van der Waals surface area contributed by atoms with Gasteiger partial charge in [-0.3, -0.25) is 0 Å². The van der Waals surface area contributed by atoms with Crippen LogP contribution in [0.15, 0.2) is 0 Å². The molecule has 8 heteroatoms. The average Bonchev–Trinajstić information content (AvgIpc) is 2.20. The van der Waals surface area contributed by atoms with Crippen molar-refractivity contribution in [2.75, 3.05) is 18.5 Å². The van der Waals surface area contributed by atoms with Gasteiger partial charge in [0.2, 0.25) is 0 Å². The first-order valence-electron chi connectivity index (χ1n) is 6.03. The van der Waals surface area contributed by atoms with Crippen LogP contribution in [-0.2, 0) is 14.9 Å². The van der Waals surface area contributed by atoms with Gasteiger partial charge in [0.15, 0.2) is 0 Å². The Kier molecular flexibility index (Phi) is 6.37. The van der Waals surface area contributed by atoms with Gasteiger partial charge in [0.25, 0.3) is 0 Å². The van der Waals surface area contributed by atoms with Crippen molar-refractivity contribution in [3.05, 3.63) is 0 Å². The van der Waals surface area contributed by atoms with Crippen LogP contribution in [0.5, 0.6) is 0 Å². The Morgan fingerprint density at radius 1 is 1.50 bits per heavy atom. The average molecular weight is 343 g/mol. The second-order valence-corrected chi connectivity index (χ2v) is 6.48. The van der Waals surface area contributed by atoms with Gasteiger partial charge in [-0.1, -0.05) is 22.4 Å². The number of hydrogen-bond acceptors (Lipinski definition) is 4. The third-order valence-electron chi connectivity index (χ3n) is 2.79. The van der Waals surface area contributed by atoms with E-state index < -0.39 is 16.3 Å². The molecule has 0 bridgehead atoms. The summed E-state index contributed by atoms with van der Waals surface area (Å²) in [6.45, 7) is 2.18. The Balaban J connectivity index is 2.66. The maximum Gasteiger partial charge on any atom is 0.421 e. The summed E-state index contributed by atoms with van der Waals surface area (Å²) in [4.78, 5) is 11.2. The molecule has 0 aliphatic heterocycles. The number of amides is 1. The molecule has 1 N–H and O–H groups in total. The Bertz CT molecular complexity index is 370. The van der Waals surface area contributed by atoms with Crippen molar-refractivity contribution in [1.82, 2.24) is 9.03 Å². The highest BCUT2D eigenvalue weighted by Gasteiger charge is 2.34. The molecule has 0 aromatic heterocycles. The number of ether oxygens (including phenoxy) is 1. The lowest BCUT2D eigenvalue weighted by Gasteiger charge is -2.36. The zero-order valence-corrected chi connectivity index (χ0v) is 12.8. The molecule has 0 unspecified atom stereocenters. The van der Waals surface area contributed by atoms with Crippen LogP contribution < -0.4 is 4.72 Å². The van der Waals surface area contributed by atoms with Gasteiger partial charge in [0, 0.05) is 17.9 Å². The maximum absolute atomic E-state index is 12.1. The van der Waals surface area contributed by atoms with E-state index in [0.29, 0.717) is 13.0 Å². The van der Waals surface area contributed by atoms with Crippen molar-refractivity contribution in [3.8, 4) is 0 Å². The largest absolute Gasteiger partial charge is 0.449 e. The lowest BCUT2D eigenvalue weighted by molar-refractivity contribution is 0.156. The molecule has 1 fully saturated rings. The Hall–Kier alpha value is -0.340. The molecule has 1 amide bonds. The molecule has 1 rings (SSSR count). The Morgan fingerprint density at radius 3 is 2.61 bits per heavy atom. The van der Waals surface area contributed by atoms with Crippen LogP contribution in [-0.4, -0.2) is 43.3 Å². The molecular weight excluding hydrogens is 324 g/mol. The van der Waals surface area contributed by atoms with Crippen molar-refractivity contribution in [3.63, 3.8) is 0 Å². The number of rotatable bonds is 7. The molecule has 0 saturated heterocycles. The number of hydrogen-bond donors (Lipinski definition) is 1. The molecule has 0 aromatic carbocycles. The maximum atomic E-state index is 12.1. The van der Waals surface area contributed by atoms with E-state index in [1.54, 1.807) is 6.92 Å². The van der Waals surface area contributed by atoms with E-state index in [0.717, 1.165) is 24.6 Å². The molecule has 6 nitrogen and oxygen atoms in total. The van der Waals surface area contributed by atoms with Crippen LogP contribution in [0.1, 0.15) is 32.6 Å². The monoisotopic (exact) mass is 342 g/mol. The quantitative estimate of drug-likeness (QED) is 0.713. The van der Waals surface area contributed by atoms with E-state index >= 15 is 0 Å². The predicted octanol–water partition coefficient (Wildman–Crippen LogP) is 1.62. The summed E-state index contributed by atoms with van der Waals surface area (Å²) in [5.74, 6) is 0. The summed E-state index contributed by atoms with van der Waals surface area (Å²) in [6.07, 6.45) is 2.53. The first kappa shape index (κ1) is 15.7. The van der Waals surface area contributed by atoms with Crippen LogP contribution in [0.3, 0.4) is 0 Å². The molecule has 0 heterocycles. The molecule has 0 radical (unpaired) electrons. The van der Waals surface area contributed by atoms with Crippen LogP contribution >= 0.6 is 15.9 Å². The Morgan fingerprint density at radius 2 is 2.17 bits per heavy atom. The summed E-state index contributed by atoms with van der Waals surface area (Å²) in [5.41, 5.74) is 0. The van der Waals surface area contributed by atoms with E-state index in [1.807, 2.05) is 4.72 Å². The number of carbonyl (C=O) groups excluding carboxylic acids is 1. The molecule has 106 valence electrons. The van der Waals surface area contributed by atoms with Crippen LogP contribution in [0.25, 0.3) is 0 Å². The second-order valence-electron chi connectivity index (χ2n) is 4.07. The number of nitrogens with zero attached hydrogens (tertiary/aromatic N) is 1. The van der Waals surface area contributed by atoms with Crippen molar-refractivity contribution in [2.24, 2.45) is 0 Å². The molecule has 0 spiro atoms. The first-order chi connectivity index (χ1) is 8.51. The van der Waals surface area contributed by atoms with Crippen molar-refractivity contribution in [2.45, 2.75) is 38.6 Å². The fourth-order valence-electron chi connectivity index (χ4n) is 1.71. The minimum Gasteiger partial charge on any atom is -0.449 e. The van der Waals surface area contributed by atoms with Gasteiger partial charge in [-0.05, 0) is 26.2 Å². The van der Waals surface area contributed by atoms with E-state index in [1.165, 1.54) is 4.31 Å². The summed E-state index contributed by atoms with van der Waals surface area (Å²) < 4.78 is 32.0. The number of halogens is 1. The zero-order valence-electron chi connectivity index (χ0n) is 10.4. The fourth-order valence-corrected chi connectivity index (χ4v) is 3.32. The van der Waals surface area contributed by atoms with Crippen LogP contribution in [0.4, 0.5) is 4.79 Å². The minimum absolute atomic E-state index is 0.0102. The number of carbonyl (C=O) groups is 1. The molecule has 0 aromatic rings. The van der Waals surface area contributed by atoms with Gasteiger partial charge >= 0.3 is 16.3 Å². The smallest absolute Gasteiger partial charge is 0.421 e. The zero-order chi connectivity index (χ0) is 13.6. The van der Waals surface area contributed by atoms with Gasteiger partial charge in [-0.2, -0.15) is 12.7 Å². The molecule has 0 atom stereocenters. The van der Waals surface area contributed by atoms with Gasteiger partial charge in [-0.15, -0.1) is 0 Å². The number of nitrogens with one attached hydrogen (secondary N) is 1. The van der Waals surface area contributed by atoms with Gasteiger partial charge in [0.05, 0.1) is 6.61 Å². The SMILES string of the molecule is CCOC(=O)NS(=O)(=O)N(CCCBr)C1CCC1. The van der Waals surface area contributed by atoms with Crippen LogP contribution in [0.2, 0.25) is 0 Å². The number of alkyl halides is 1. The molecule has 1 aliphatic carbocycles. The molecule has 18 heavy (non-hydrogen) atoms. The van der Waals surface area contributed by atoms with Crippen LogP contribution in [0, 0.1) is 0 Å². The topological polar surface area (TPSA) is 75.7 Å². The van der Waals surface area contributed by atoms with Gasteiger partial charge < -0.3 is 4.74 Å². The van der Waals surface area contributed by atoms with Crippen molar-refractivity contribution < 1.29 is 17.9 Å². The van der Waals surface area contributed by atoms with E-state index in [2.05, 4.69) is 20.7 Å². The van der Waals surface area contributed by atoms with Gasteiger partial charge in [0.1, 0.15) is 0 Å². The summed E-state index contributed by atoms with van der Waals surface area (Å²) in [7, 11) is -3.79. The highest BCUT2D eigenvalue weighted by Crippen LogP contribution is 2.26. The first-order valence-corrected chi connectivity index (χ1v) is 8.59. The predicted molar refractivity (Wildman–Crippen MR) is 71.8 cm³/mol. The molecule has 1 aliphatic rings. The fraction of sp³-hybridized carbons (Fsp3) is 0.900. The second kappa shape index (κ2) is 7.30. The van der Waals surface area contributed by atoms with E-state index in [9.17, 15) is 13.2 Å². The summed E-state index contributed by atoms with van der Waals surface area (Å²) >= 11 is 3.28. The van der Waals surface area contributed by atoms with Crippen molar-refractivity contribution >= 4 is 32.2 Å². The third kappa shape index (κ3) is 4.40. The van der Waals surface area contributed by atoms with E-state index in [4.69, 9.17) is 0 Å². The highest BCUT2D eigenvalue weighted by molar-refractivity contribution is 9.09. The normalized spacial score (nSPS) is 16.4. The van der Waals surface area contributed by atoms with E-state index in [-0.39, 0.29) is 12.6 Å². The summed E-state index contributed by atoms with van der Waals surface area (Å²) in [6, 6.07) is 0.0102. The lowest BCUT2D eigenvalue weighted by atomic mass is 9.93. The molecular formula is C10H19BrN2O4S. The lowest BCUT2D eigenvalue weighted by Crippen LogP contribution is -2.51.